The smallest absolute Gasteiger partial charge is 0.333 e. The highest BCUT2D eigenvalue weighted by atomic mass is 79.9. The molecule has 0 unspecified atom stereocenters. The normalized spacial score (nSPS) is 10.2. The van der Waals surface area contributed by atoms with Crippen molar-refractivity contribution in [1.82, 2.24) is 16.2 Å². The molecule has 5 nitrogen and oxygen atoms in total. The van der Waals surface area contributed by atoms with Gasteiger partial charge < -0.3 is 5.32 Å². The van der Waals surface area contributed by atoms with Crippen LogP contribution in [0, 0.1) is 13.8 Å². The van der Waals surface area contributed by atoms with Gasteiger partial charge in [-0.1, -0.05) is 29.3 Å². The lowest BCUT2D eigenvalue weighted by atomic mass is 10.2. The lowest BCUT2D eigenvalue weighted by molar-refractivity contribution is -0.119. The highest BCUT2D eigenvalue weighted by molar-refractivity contribution is 9.10. The molecule has 0 aliphatic heterocycles. The summed E-state index contributed by atoms with van der Waals surface area (Å²) >= 11 is 4.93. The molecule has 0 saturated carbocycles. The molecule has 0 aromatic heterocycles. The molecule has 0 bridgehead atoms. The number of urea groups is 1. The molecule has 1 rings (SSSR count). The minimum atomic E-state index is -0.387. The fourth-order valence-corrected chi connectivity index (χ4v) is 3.00. The van der Waals surface area contributed by atoms with Crippen LogP contribution in [-0.4, -0.2) is 24.2 Å². The van der Waals surface area contributed by atoms with E-state index in [1.165, 1.54) is 11.8 Å². The molecule has 0 saturated heterocycles. The number of halogens is 1. The van der Waals surface area contributed by atoms with Crippen LogP contribution >= 0.6 is 27.7 Å². The van der Waals surface area contributed by atoms with Crippen LogP contribution in [-0.2, 0) is 4.79 Å². The summed E-state index contributed by atoms with van der Waals surface area (Å²) in [5.41, 5.74) is 6.97. The molecular formula is C15H22BrN3O2S. The zero-order chi connectivity index (χ0) is 16.5. The SMILES string of the molecule is CCCCNC(=O)NNC(=O)CSc1cc(C)c(Br)cc1C. The Morgan fingerprint density at radius 2 is 1.91 bits per heavy atom. The Labute approximate surface area is 144 Å². The van der Waals surface area contributed by atoms with Crippen molar-refractivity contribution in [2.45, 2.75) is 38.5 Å². The maximum Gasteiger partial charge on any atom is 0.333 e. The molecule has 0 atom stereocenters. The third-order valence-corrected chi connectivity index (χ3v) is 4.96. The monoisotopic (exact) mass is 387 g/mol. The van der Waals surface area contributed by atoms with Crippen molar-refractivity contribution in [3.8, 4) is 0 Å². The van der Waals surface area contributed by atoms with Crippen molar-refractivity contribution in [2.75, 3.05) is 12.3 Å². The Balaban J connectivity index is 2.34. The molecule has 1 aromatic rings. The average molecular weight is 388 g/mol. The summed E-state index contributed by atoms with van der Waals surface area (Å²) in [6.07, 6.45) is 1.93. The van der Waals surface area contributed by atoms with Gasteiger partial charge in [-0.3, -0.25) is 10.2 Å². The van der Waals surface area contributed by atoms with Crippen molar-refractivity contribution in [3.63, 3.8) is 0 Å². The number of thioether (sulfide) groups is 1. The van der Waals surface area contributed by atoms with Crippen LogP contribution in [0.4, 0.5) is 4.79 Å². The van der Waals surface area contributed by atoms with Crippen LogP contribution in [0.5, 0.6) is 0 Å². The average Bonchev–Trinajstić information content (AvgIpc) is 2.47. The summed E-state index contributed by atoms with van der Waals surface area (Å²) in [7, 11) is 0. The van der Waals surface area contributed by atoms with Crippen molar-refractivity contribution < 1.29 is 9.59 Å². The largest absolute Gasteiger partial charge is 0.337 e. The second-order valence-corrected chi connectivity index (χ2v) is 6.81. The van der Waals surface area contributed by atoms with Gasteiger partial charge in [0.1, 0.15) is 0 Å². The van der Waals surface area contributed by atoms with Crippen LogP contribution in [0.1, 0.15) is 30.9 Å². The molecule has 0 fully saturated rings. The van der Waals surface area contributed by atoms with Crippen molar-refractivity contribution in [3.05, 3.63) is 27.7 Å². The van der Waals surface area contributed by atoms with Gasteiger partial charge in [-0.25, -0.2) is 10.2 Å². The standard InChI is InChI=1S/C15H22BrN3O2S/c1-4-5-6-17-15(21)19-18-14(20)9-22-13-8-10(2)12(16)7-11(13)3/h7-8H,4-6,9H2,1-3H3,(H,18,20)(H2,17,19,21). The van der Waals surface area contributed by atoms with E-state index in [0.29, 0.717) is 6.54 Å². The number of hydrazine groups is 1. The Kier molecular flexibility index (Phi) is 8.34. The third-order valence-electron chi connectivity index (χ3n) is 2.95. The van der Waals surface area contributed by atoms with E-state index < -0.39 is 0 Å². The second-order valence-electron chi connectivity index (χ2n) is 4.94. The molecule has 7 heteroatoms. The molecule has 1 aromatic carbocycles. The van der Waals surface area contributed by atoms with Crippen LogP contribution in [0.25, 0.3) is 0 Å². The third kappa shape index (κ3) is 6.70. The summed E-state index contributed by atoms with van der Waals surface area (Å²) in [4.78, 5) is 24.2. The molecule has 0 spiro atoms. The summed E-state index contributed by atoms with van der Waals surface area (Å²) in [5, 5.41) is 2.66. The second kappa shape index (κ2) is 9.74. The quantitative estimate of drug-likeness (QED) is 0.398. The summed E-state index contributed by atoms with van der Waals surface area (Å²) in [6.45, 7) is 6.66. The maximum absolute atomic E-state index is 11.7. The van der Waals surface area contributed by atoms with Crippen LogP contribution in [0.3, 0.4) is 0 Å². The van der Waals surface area contributed by atoms with Gasteiger partial charge in [0.05, 0.1) is 5.75 Å². The summed E-state index contributed by atoms with van der Waals surface area (Å²) in [5.74, 6) is 0.00700. The lowest BCUT2D eigenvalue weighted by Gasteiger charge is -2.10. The van der Waals surface area contributed by atoms with Crippen molar-refractivity contribution in [2.24, 2.45) is 0 Å². The number of nitrogens with one attached hydrogen (secondary N) is 3. The molecule has 0 radical (unpaired) electrons. The first-order valence-electron chi connectivity index (χ1n) is 7.16. The van der Waals surface area contributed by atoms with E-state index in [4.69, 9.17) is 0 Å². The first-order chi connectivity index (χ1) is 10.4. The van der Waals surface area contributed by atoms with Gasteiger partial charge in [0.15, 0.2) is 0 Å². The minimum Gasteiger partial charge on any atom is -0.337 e. The number of carbonyl (C=O) groups excluding carboxylic acids is 2. The maximum atomic E-state index is 11.7. The highest BCUT2D eigenvalue weighted by Gasteiger charge is 2.08. The number of unbranched alkanes of at least 4 members (excludes halogenated alkanes) is 1. The number of benzene rings is 1. The van der Waals surface area contributed by atoms with Gasteiger partial charge in [-0.15, -0.1) is 11.8 Å². The summed E-state index contributed by atoms with van der Waals surface area (Å²) in [6, 6.07) is 3.69. The molecular weight excluding hydrogens is 366 g/mol. The minimum absolute atomic E-state index is 0.240. The molecule has 3 amide bonds. The van der Waals surface area contributed by atoms with Gasteiger partial charge in [-0.2, -0.15) is 0 Å². The van der Waals surface area contributed by atoms with Crippen LogP contribution in [0.2, 0.25) is 0 Å². The van der Waals surface area contributed by atoms with Crippen LogP contribution < -0.4 is 16.2 Å². The van der Waals surface area contributed by atoms with E-state index in [1.807, 2.05) is 32.9 Å². The molecule has 0 aliphatic rings. The molecule has 0 aliphatic carbocycles. The predicted molar refractivity (Wildman–Crippen MR) is 93.9 cm³/mol. The molecule has 22 heavy (non-hydrogen) atoms. The first-order valence-corrected chi connectivity index (χ1v) is 8.94. The number of rotatable bonds is 6. The zero-order valence-electron chi connectivity index (χ0n) is 13.1. The Morgan fingerprint density at radius 1 is 1.18 bits per heavy atom. The number of carbonyl (C=O) groups is 2. The number of hydrogen-bond acceptors (Lipinski definition) is 3. The van der Waals surface area contributed by atoms with Gasteiger partial charge in [0, 0.05) is 15.9 Å². The Bertz CT molecular complexity index is 538. The van der Waals surface area contributed by atoms with E-state index in [-0.39, 0.29) is 17.7 Å². The fraction of sp³-hybridized carbons (Fsp3) is 0.467. The van der Waals surface area contributed by atoms with Gasteiger partial charge in [0.2, 0.25) is 5.91 Å². The van der Waals surface area contributed by atoms with E-state index in [0.717, 1.165) is 33.3 Å². The summed E-state index contributed by atoms with van der Waals surface area (Å²) < 4.78 is 1.06. The first kappa shape index (κ1) is 18.8. The highest BCUT2D eigenvalue weighted by Crippen LogP contribution is 2.28. The van der Waals surface area contributed by atoms with Crippen LogP contribution in [0.15, 0.2) is 21.5 Å². The predicted octanol–water partition coefficient (Wildman–Crippen LogP) is 3.29. The van der Waals surface area contributed by atoms with Crippen molar-refractivity contribution >= 4 is 39.6 Å². The van der Waals surface area contributed by atoms with E-state index in [9.17, 15) is 9.59 Å². The molecule has 3 N–H and O–H groups in total. The topological polar surface area (TPSA) is 70.2 Å². The Morgan fingerprint density at radius 3 is 2.59 bits per heavy atom. The van der Waals surface area contributed by atoms with E-state index >= 15 is 0 Å². The lowest BCUT2D eigenvalue weighted by Crippen LogP contribution is -2.47. The number of aryl methyl sites for hydroxylation is 2. The van der Waals surface area contributed by atoms with Crippen molar-refractivity contribution in [1.29, 1.82) is 0 Å². The van der Waals surface area contributed by atoms with Gasteiger partial charge in [-0.05, 0) is 43.5 Å². The zero-order valence-corrected chi connectivity index (χ0v) is 15.5. The number of hydrogen-bond donors (Lipinski definition) is 3. The fourth-order valence-electron chi connectivity index (χ4n) is 1.64. The van der Waals surface area contributed by atoms with E-state index in [1.54, 1.807) is 0 Å². The van der Waals surface area contributed by atoms with E-state index in [2.05, 4.69) is 32.1 Å². The number of amides is 3. The molecule has 122 valence electrons. The van der Waals surface area contributed by atoms with Gasteiger partial charge >= 0.3 is 6.03 Å². The Hall–Kier alpha value is -1.21. The molecule has 0 heterocycles. The van der Waals surface area contributed by atoms with Gasteiger partial charge in [0.25, 0.3) is 0 Å².